The molecule has 2 unspecified atom stereocenters. The molecule has 0 saturated heterocycles. The van der Waals surface area contributed by atoms with Crippen LogP contribution in [0.5, 0.6) is 0 Å². The van der Waals surface area contributed by atoms with E-state index in [9.17, 15) is 0 Å². The van der Waals surface area contributed by atoms with Gasteiger partial charge in [-0.05, 0) is 150 Å². The second-order valence-corrected chi connectivity index (χ2v) is 19.3. The first-order valence-electron chi connectivity index (χ1n) is 22.9. The molecule has 3 saturated carbocycles. The monoisotopic (exact) mass is 726 g/mol. The van der Waals surface area contributed by atoms with Gasteiger partial charge in [0, 0.05) is 19.8 Å². The average Bonchev–Trinajstić information content (AvgIpc) is 3.48. The minimum Gasteiger partial charge on any atom is -0.380 e. The molecule has 4 heteroatoms. The molecule has 9 atom stereocenters. The Balaban J connectivity index is 1.04. The number of rotatable bonds is 26. The Morgan fingerprint density at radius 3 is 2.17 bits per heavy atom. The molecule has 0 aromatic heterocycles. The lowest BCUT2D eigenvalue weighted by atomic mass is 9.47. The first-order chi connectivity index (χ1) is 25.1. The maximum atomic E-state index is 6.56. The van der Waals surface area contributed by atoms with Crippen molar-refractivity contribution in [2.45, 2.75) is 189 Å². The van der Waals surface area contributed by atoms with Crippen LogP contribution in [0.2, 0.25) is 0 Å². The topological polar surface area (TPSA) is 30.9 Å². The number of hydrogen-bond acceptors (Lipinski definition) is 4. The average molecular weight is 726 g/mol. The summed E-state index contributed by atoms with van der Waals surface area (Å²) < 4.78 is 18.6. The van der Waals surface area contributed by atoms with Gasteiger partial charge in [0.05, 0.1) is 25.4 Å². The Morgan fingerprint density at radius 2 is 1.46 bits per heavy atom. The molecule has 0 aromatic carbocycles. The molecule has 4 aliphatic carbocycles. The normalized spacial score (nSPS) is 31.5. The summed E-state index contributed by atoms with van der Waals surface area (Å²) in [5.74, 6) is 5.47. The van der Waals surface area contributed by atoms with E-state index < -0.39 is 0 Å². The molecule has 0 N–H and O–H groups in total. The van der Waals surface area contributed by atoms with Gasteiger partial charge in [-0.15, -0.1) is 0 Å². The third-order valence-corrected chi connectivity index (χ3v) is 15.0. The van der Waals surface area contributed by atoms with Gasteiger partial charge in [-0.3, -0.25) is 0 Å². The van der Waals surface area contributed by atoms with Crippen LogP contribution in [0, 0.1) is 46.3 Å². The Kier molecular flexibility index (Phi) is 19.3. The quantitative estimate of drug-likeness (QED) is 0.0656. The summed E-state index contributed by atoms with van der Waals surface area (Å²) in [5.41, 5.74) is 2.79. The van der Waals surface area contributed by atoms with Gasteiger partial charge in [-0.25, -0.2) is 0 Å². The van der Waals surface area contributed by atoms with Crippen LogP contribution in [0.4, 0.5) is 0 Å². The summed E-state index contributed by atoms with van der Waals surface area (Å²) in [6.07, 6.45) is 35.4. The molecule has 0 radical (unpaired) electrons. The van der Waals surface area contributed by atoms with Crippen LogP contribution in [0.3, 0.4) is 0 Å². The molecular weight excluding hydrogens is 639 g/mol. The summed E-state index contributed by atoms with van der Waals surface area (Å²) in [4.78, 5) is 2.24. The minimum atomic E-state index is 0.330. The van der Waals surface area contributed by atoms with Crippen molar-refractivity contribution in [3.05, 3.63) is 23.8 Å². The molecule has 0 amide bonds. The second kappa shape index (κ2) is 22.8. The maximum absolute atomic E-state index is 6.56. The van der Waals surface area contributed by atoms with E-state index in [0.29, 0.717) is 23.0 Å². The van der Waals surface area contributed by atoms with E-state index in [1.165, 1.54) is 116 Å². The zero-order chi connectivity index (χ0) is 37.4. The first-order valence-corrected chi connectivity index (χ1v) is 22.9. The van der Waals surface area contributed by atoms with Gasteiger partial charge in [0.25, 0.3) is 0 Å². The largest absolute Gasteiger partial charge is 0.380 e. The highest BCUT2D eigenvalue weighted by Gasteiger charge is 2.59. The van der Waals surface area contributed by atoms with Gasteiger partial charge in [0.15, 0.2) is 0 Å². The van der Waals surface area contributed by atoms with Crippen molar-refractivity contribution in [3.63, 3.8) is 0 Å². The Hall–Kier alpha value is -0.680. The fraction of sp³-hybridized carbons (Fsp3) is 0.917. The molecule has 4 rings (SSSR count). The van der Waals surface area contributed by atoms with Crippen molar-refractivity contribution in [1.29, 1.82) is 0 Å². The molecule has 52 heavy (non-hydrogen) atoms. The lowest BCUT2D eigenvalue weighted by Crippen LogP contribution is -2.51. The van der Waals surface area contributed by atoms with E-state index >= 15 is 0 Å². The fourth-order valence-electron chi connectivity index (χ4n) is 11.5. The zero-order valence-corrected chi connectivity index (χ0v) is 35.9. The van der Waals surface area contributed by atoms with Crippen molar-refractivity contribution in [2.24, 2.45) is 46.3 Å². The highest BCUT2D eigenvalue weighted by Crippen LogP contribution is 2.67. The maximum Gasteiger partial charge on any atom is 0.0644 e. The summed E-state index contributed by atoms with van der Waals surface area (Å²) in [6.45, 7) is 19.2. The number of nitrogens with zero attached hydrogens (tertiary/aromatic N) is 1. The Morgan fingerprint density at radius 1 is 0.769 bits per heavy atom. The van der Waals surface area contributed by atoms with Crippen LogP contribution in [-0.2, 0) is 14.2 Å². The van der Waals surface area contributed by atoms with E-state index in [1.54, 1.807) is 5.57 Å². The number of likely N-dealkylation sites (N-methyl/N-ethyl adjacent to an activating group) is 1. The van der Waals surface area contributed by atoms with Crippen LogP contribution in [0.25, 0.3) is 0 Å². The Bertz CT molecular complexity index is 1040. The van der Waals surface area contributed by atoms with E-state index in [0.717, 1.165) is 87.8 Å². The highest BCUT2D eigenvalue weighted by molar-refractivity contribution is 5.25. The summed E-state index contributed by atoms with van der Waals surface area (Å²) in [7, 11) is 4.27. The van der Waals surface area contributed by atoms with E-state index in [4.69, 9.17) is 14.2 Å². The molecule has 4 nitrogen and oxygen atoms in total. The highest BCUT2D eigenvalue weighted by atomic mass is 16.5. The number of unbranched alkanes of at least 4 members (excludes halogenated alkanes) is 8. The second-order valence-electron chi connectivity index (χ2n) is 19.3. The third-order valence-electron chi connectivity index (χ3n) is 15.0. The number of hydrogen-bond donors (Lipinski definition) is 0. The van der Waals surface area contributed by atoms with Gasteiger partial charge in [-0.2, -0.15) is 0 Å². The van der Waals surface area contributed by atoms with Crippen LogP contribution in [-0.4, -0.2) is 64.2 Å². The van der Waals surface area contributed by atoms with Crippen molar-refractivity contribution in [1.82, 2.24) is 4.90 Å². The van der Waals surface area contributed by atoms with Gasteiger partial charge in [-0.1, -0.05) is 110 Å². The van der Waals surface area contributed by atoms with Gasteiger partial charge in [0.1, 0.15) is 0 Å². The number of fused-ring (bicyclic) bond motifs is 5. The van der Waals surface area contributed by atoms with Crippen LogP contribution < -0.4 is 0 Å². The SMILES string of the molecule is CCCCC/C=C\CCCOC[C@H](COCCCCCCCO[C@H]1CC[C@@]2(C)C(=CC[C@@H]3C2CC[C@@]2(C)C3CC[C@@H]2[C@H](C)CCC(C)C)C1)N(C)C. The predicted octanol–water partition coefficient (Wildman–Crippen LogP) is 12.9. The number of ether oxygens (including phenoxy) is 3. The van der Waals surface area contributed by atoms with Crippen molar-refractivity contribution in [2.75, 3.05) is 47.1 Å². The first kappa shape index (κ1) is 44.0. The van der Waals surface area contributed by atoms with Crippen LogP contribution in [0.15, 0.2) is 23.8 Å². The molecule has 302 valence electrons. The molecule has 0 spiro atoms. The molecule has 0 aromatic rings. The predicted molar refractivity (Wildman–Crippen MR) is 223 cm³/mol. The van der Waals surface area contributed by atoms with Crippen molar-refractivity contribution >= 4 is 0 Å². The molecule has 0 heterocycles. The molecule has 0 aliphatic heterocycles. The van der Waals surface area contributed by atoms with Crippen LogP contribution >= 0.6 is 0 Å². The summed E-state index contributed by atoms with van der Waals surface area (Å²) in [6, 6.07) is 0.330. The minimum absolute atomic E-state index is 0.330. The smallest absolute Gasteiger partial charge is 0.0644 e. The lowest BCUT2D eigenvalue weighted by Gasteiger charge is -2.58. The van der Waals surface area contributed by atoms with Gasteiger partial charge >= 0.3 is 0 Å². The standard InChI is InChI=1S/C48H87NO3/c1-9-10-11-12-13-14-16-19-32-50-36-41(49(7)8)37-51-33-20-17-15-18-21-34-52-42-28-30-47(5)40(35-42)24-25-43-45-27-26-44(39(4)23-22-38(2)3)48(45,6)31-29-46(43)47/h13-14,24,38-39,41-46H,9-12,15-23,25-37H2,1-8H3/b14-13-/t39-,41-,42+,43+,44-,45?,46?,47+,48-/m1/s1. The third kappa shape index (κ3) is 12.7. The van der Waals surface area contributed by atoms with E-state index in [1.807, 2.05) is 0 Å². The van der Waals surface area contributed by atoms with Crippen LogP contribution in [0.1, 0.15) is 176 Å². The van der Waals surface area contributed by atoms with Crippen molar-refractivity contribution in [3.8, 4) is 0 Å². The fourth-order valence-corrected chi connectivity index (χ4v) is 11.5. The zero-order valence-electron chi connectivity index (χ0n) is 35.9. The van der Waals surface area contributed by atoms with E-state index in [-0.39, 0.29) is 0 Å². The van der Waals surface area contributed by atoms with E-state index in [2.05, 4.69) is 78.8 Å². The van der Waals surface area contributed by atoms with Gasteiger partial charge < -0.3 is 19.1 Å². The molecule has 3 fully saturated rings. The summed E-state index contributed by atoms with van der Waals surface area (Å²) in [5, 5.41) is 0. The lowest BCUT2D eigenvalue weighted by molar-refractivity contribution is -0.0642. The van der Waals surface area contributed by atoms with Gasteiger partial charge in [0.2, 0.25) is 0 Å². The van der Waals surface area contributed by atoms with Crippen molar-refractivity contribution < 1.29 is 14.2 Å². The molecule has 4 aliphatic rings. The molecular formula is C48H87NO3. The Labute approximate surface area is 324 Å². The summed E-state index contributed by atoms with van der Waals surface area (Å²) >= 11 is 0. The molecule has 0 bridgehead atoms. The number of allylic oxidation sites excluding steroid dienone is 3.